The van der Waals surface area contributed by atoms with Crippen LogP contribution in [0, 0.1) is 0 Å². The molecule has 0 saturated heterocycles. The Morgan fingerprint density at radius 2 is 1.90 bits per heavy atom. The summed E-state index contributed by atoms with van der Waals surface area (Å²) < 4.78 is 1.24. The van der Waals surface area contributed by atoms with Crippen molar-refractivity contribution >= 4 is 17.5 Å². The van der Waals surface area contributed by atoms with Gasteiger partial charge in [-0.3, -0.25) is 19.4 Å². The van der Waals surface area contributed by atoms with Gasteiger partial charge in [0.2, 0.25) is 0 Å². The molecule has 3 aromatic rings. The van der Waals surface area contributed by atoms with Crippen molar-refractivity contribution in [3.63, 3.8) is 0 Å². The van der Waals surface area contributed by atoms with Crippen molar-refractivity contribution < 1.29 is 9.90 Å². The second kappa shape index (κ2) is 9.11. The van der Waals surface area contributed by atoms with Gasteiger partial charge in [0.1, 0.15) is 5.69 Å². The first-order valence-electron chi connectivity index (χ1n) is 9.41. The van der Waals surface area contributed by atoms with E-state index >= 15 is 0 Å². The number of amides is 1. The second-order valence-corrected chi connectivity index (χ2v) is 7.67. The Labute approximate surface area is 174 Å². The van der Waals surface area contributed by atoms with Crippen molar-refractivity contribution in [1.82, 2.24) is 15.1 Å². The van der Waals surface area contributed by atoms with Crippen molar-refractivity contribution in [2.45, 2.75) is 31.9 Å². The summed E-state index contributed by atoms with van der Waals surface area (Å²) in [6.45, 7) is 1.69. The van der Waals surface area contributed by atoms with Crippen LogP contribution in [-0.4, -0.2) is 32.9 Å². The average molecular weight is 414 g/mol. The fourth-order valence-corrected chi connectivity index (χ4v) is 3.45. The van der Waals surface area contributed by atoms with E-state index in [4.69, 9.17) is 11.6 Å². The van der Waals surface area contributed by atoms with E-state index in [1.165, 1.54) is 10.7 Å². The Morgan fingerprint density at radius 3 is 2.48 bits per heavy atom. The number of halogens is 1. The smallest absolute Gasteiger partial charge is 0.269 e. The Kier molecular flexibility index (Phi) is 6.56. The molecule has 0 aliphatic rings. The highest BCUT2D eigenvalue weighted by molar-refractivity contribution is 6.30. The molecule has 3 rings (SSSR count). The van der Waals surface area contributed by atoms with Crippen LogP contribution in [0.3, 0.4) is 0 Å². The number of rotatable bonds is 7. The van der Waals surface area contributed by atoms with Gasteiger partial charge in [-0.25, -0.2) is 0 Å². The van der Waals surface area contributed by atoms with E-state index in [-0.39, 0.29) is 23.2 Å². The third kappa shape index (κ3) is 5.59. The molecule has 0 aliphatic heterocycles. The molecule has 0 bridgehead atoms. The summed E-state index contributed by atoms with van der Waals surface area (Å²) >= 11 is 6.07. The summed E-state index contributed by atoms with van der Waals surface area (Å²) in [6.07, 6.45) is 0.392. The number of carbonyl (C=O) groups is 1. The minimum Gasteiger partial charge on any atom is -0.393 e. The summed E-state index contributed by atoms with van der Waals surface area (Å²) in [4.78, 5) is 24.0. The molecule has 7 heteroatoms. The maximum atomic E-state index is 12.5. The van der Waals surface area contributed by atoms with Crippen LogP contribution in [0.15, 0.2) is 59.4 Å². The summed E-state index contributed by atoms with van der Waals surface area (Å²) in [5, 5.41) is 16.1. The van der Waals surface area contributed by atoms with Gasteiger partial charge in [-0.2, -0.15) is 0 Å². The van der Waals surface area contributed by atoms with Gasteiger partial charge in [0.05, 0.1) is 6.10 Å². The van der Waals surface area contributed by atoms with E-state index in [9.17, 15) is 14.7 Å². The quantitative estimate of drug-likeness (QED) is 0.556. The van der Waals surface area contributed by atoms with E-state index < -0.39 is 6.10 Å². The lowest BCUT2D eigenvalue weighted by Crippen LogP contribution is -2.38. The Hall–Kier alpha value is -2.83. The van der Waals surface area contributed by atoms with Crippen LogP contribution < -0.4 is 10.9 Å². The minimum atomic E-state index is -0.569. The van der Waals surface area contributed by atoms with Crippen LogP contribution >= 0.6 is 11.6 Å². The van der Waals surface area contributed by atoms with E-state index in [1.807, 2.05) is 48.5 Å². The number of benzene rings is 2. The number of aromatic amines is 1. The van der Waals surface area contributed by atoms with Crippen molar-refractivity contribution in [1.29, 1.82) is 0 Å². The van der Waals surface area contributed by atoms with Gasteiger partial charge in [0.25, 0.3) is 11.5 Å². The predicted octanol–water partition coefficient (Wildman–Crippen LogP) is 3.15. The van der Waals surface area contributed by atoms with Crippen LogP contribution in [0.1, 0.15) is 29.4 Å². The van der Waals surface area contributed by atoms with Crippen molar-refractivity contribution in [3.05, 3.63) is 81.2 Å². The lowest BCUT2D eigenvalue weighted by Gasteiger charge is -2.20. The molecule has 1 aromatic heterocycles. The third-order valence-electron chi connectivity index (χ3n) is 4.69. The molecule has 0 radical (unpaired) electrons. The Bertz CT molecular complexity index is 1040. The highest BCUT2D eigenvalue weighted by Crippen LogP contribution is 2.23. The molecule has 3 N–H and O–H groups in total. The Balaban J connectivity index is 1.72. The van der Waals surface area contributed by atoms with E-state index in [1.54, 1.807) is 14.0 Å². The predicted molar refractivity (Wildman–Crippen MR) is 114 cm³/mol. The van der Waals surface area contributed by atoms with Gasteiger partial charge < -0.3 is 10.4 Å². The molecule has 2 aromatic carbocycles. The fourth-order valence-electron chi connectivity index (χ4n) is 3.26. The Morgan fingerprint density at radius 1 is 1.17 bits per heavy atom. The maximum Gasteiger partial charge on any atom is 0.269 e. The molecule has 6 nitrogen and oxygen atoms in total. The molecule has 1 amide bonds. The minimum absolute atomic E-state index is 0.199. The second-order valence-electron chi connectivity index (χ2n) is 7.23. The zero-order valence-corrected chi connectivity index (χ0v) is 17.1. The van der Waals surface area contributed by atoms with Crippen molar-refractivity contribution in [2.75, 3.05) is 0 Å². The molecule has 0 saturated carbocycles. The van der Waals surface area contributed by atoms with Crippen LogP contribution in [-0.2, 0) is 13.5 Å². The van der Waals surface area contributed by atoms with Crippen molar-refractivity contribution in [3.8, 4) is 11.1 Å². The summed E-state index contributed by atoms with van der Waals surface area (Å²) in [5.74, 6) is -0.371. The number of aliphatic hydroxyl groups excluding tert-OH is 1. The summed E-state index contributed by atoms with van der Waals surface area (Å²) in [5.41, 5.74) is 3.03. The largest absolute Gasteiger partial charge is 0.393 e. The zero-order valence-electron chi connectivity index (χ0n) is 16.4. The average Bonchev–Trinajstić information content (AvgIpc) is 3.01. The topological polar surface area (TPSA) is 87.1 Å². The van der Waals surface area contributed by atoms with Gasteiger partial charge in [-0.1, -0.05) is 48.0 Å². The number of aryl methyl sites for hydroxylation is 1. The lowest BCUT2D eigenvalue weighted by molar-refractivity contribution is 0.0911. The molecule has 0 fully saturated rings. The SMILES string of the molecule is C[C@@H](O)C[C@@H](Cc1ccc(-c2cccc(Cl)c2)cc1)NC(=O)c1cc(=O)n(C)[nH]1. The normalized spacial score (nSPS) is 13.1. The lowest BCUT2D eigenvalue weighted by atomic mass is 9.98. The standard InChI is InChI=1S/C22H24ClN3O3/c1-14(27)10-19(24-22(29)20-13-21(28)26(2)25-20)11-15-6-8-16(9-7-15)17-4-3-5-18(23)12-17/h3-9,12-14,19,25,27H,10-11H2,1-2H3,(H,24,29)/t14-,19+/m1/s1. The maximum absolute atomic E-state index is 12.5. The number of hydrogen-bond acceptors (Lipinski definition) is 3. The number of carbonyl (C=O) groups excluding carboxylic acids is 1. The molecule has 152 valence electrons. The van der Waals surface area contributed by atoms with Gasteiger partial charge >= 0.3 is 0 Å². The van der Waals surface area contributed by atoms with Gasteiger partial charge in [0.15, 0.2) is 0 Å². The number of H-pyrrole nitrogens is 1. The number of aliphatic hydroxyl groups is 1. The van der Waals surface area contributed by atoms with Crippen LogP contribution in [0.2, 0.25) is 5.02 Å². The van der Waals surface area contributed by atoms with Gasteiger partial charge in [-0.15, -0.1) is 0 Å². The van der Waals surface area contributed by atoms with E-state index in [0.717, 1.165) is 16.7 Å². The monoisotopic (exact) mass is 413 g/mol. The first-order valence-corrected chi connectivity index (χ1v) is 9.79. The van der Waals surface area contributed by atoms with Crippen LogP contribution in [0.5, 0.6) is 0 Å². The van der Waals surface area contributed by atoms with Crippen molar-refractivity contribution in [2.24, 2.45) is 7.05 Å². The molecule has 29 heavy (non-hydrogen) atoms. The summed E-state index contributed by atoms with van der Waals surface area (Å²) in [7, 11) is 1.55. The van der Waals surface area contributed by atoms with Crippen LogP contribution in [0.25, 0.3) is 11.1 Å². The number of hydrogen-bond donors (Lipinski definition) is 3. The molecule has 0 spiro atoms. The molecule has 1 heterocycles. The van der Waals surface area contributed by atoms with E-state index in [2.05, 4.69) is 10.4 Å². The van der Waals surface area contributed by atoms with E-state index in [0.29, 0.717) is 17.9 Å². The van der Waals surface area contributed by atoms with Gasteiger partial charge in [-0.05, 0) is 48.6 Å². The fraction of sp³-hybridized carbons (Fsp3) is 0.273. The first-order chi connectivity index (χ1) is 13.8. The van der Waals surface area contributed by atoms with Crippen LogP contribution in [0.4, 0.5) is 0 Å². The summed E-state index contributed by atoms with van der Waals surface area (Å²) in [6, 6.07) is 16.7. The van der Waals surface area contributed by atoms with Gasteiger partial charge in [0, 0.05) is 24.2 Å². The number of aromatic nitrogens is 2. The molecule has 0 unspecified atom stereocenters. The number of nitrogens with zero attached hydrogens (tertiary/aromatic N) is 1. The molecular weight excluding hydrogens is 390 g/mol. The number of nitrogens with one attached hydrogen (secondary N) is 2. The molecule has 0 aliphatic carbocycles. The highest BCUT2D eigenvalue weighted by atomic mass is 35.5. The molecule has 2 atom stereocenters. The molecular formula is C22H24ClN3O3. The highest BCUT2D eigenvalue weighted by Gasteiger charge is 2.18. The zero-order chi connectivity index (χ0) is 21.0. The third-order valence-corrected chi connectivity index (χ3v) is 4.92. The first kappa shape index (κ1) is 20.9.